The molecule has 1 atom stereocenters. The highest BCUT2D eigenvalue weighted by molar-refractivity contribution is 6.32. The topological polar surface area (TPSA) is 74.6 Å². The van der Waals surface area contributed by atoms with Crippen molar-refractivity contribution < 1.29 is 19.0 Å². The Labute approximate surface area is 173 Å². The van der Waals surface area contributed by atoms with Crippen LogP contribution in [0.15, 0.2) is 42.7 Å². The minimum absolute atomic E-state index is 0.106. The second-order valence-electron chi connectivity index (χ2n) is 6.56. The number of nitrogens with one attached hydrogen (secondary N) is 1. The van der Waals surface area contributed by atoms with E-state index >= 15 is 0 Å². The molecular formula is C21H20ClN3O4. The fourth-order valence-electron chi connectivity index (χ4n) is 3.61. The van der Waals surface area contributed by atoms with Crippen LogP contribution in [-0.2, 0) is 4.79 Å². The minimum Gasteiger partial charge on any atom is -0.493 e. The largest absolute Gasteiger partial charge is 0.493 e. The number of nitrogens with zero attached hydrogens (tertiary/aromatic N) is 2. The van der Waals surface area contributed by atoms with E-state index in [1.54, 1.807) is 38.3 Å². The van der Waals surface area contributed by atoms with Crippen molar-refractivity contribution in [3.8, 4) is 22.9 Å². The number of hydrogen-bond acceptors (Lipinski definition) is 5. The molecule has 8 heteroatoms. The van der Waals surface area contributed by atoms with Crippen molar-refractivity contribution in [3.63, 3.8) is 0 Å². The highest BCUT2D eigenvalue weighted by Crippen LogP contribution is 2.44. The summed E-state index contributed by atoms with van der Waals surface area (Å²) in [5, 5.41) is 3.50. The Kier molecular flexibility index (Phi) is 5.07. The van der Waals surface area contributed by atoms with Crippen molar-refractivity contribution in [1.82, 2.24) is 9.55 Å². The van der Waals surface area contributed by atoms with Crippen molar-refractivity contribution in [2.45, 2.75) is 12.3 Å². The van der Waals surface area contributed by atoms with Crippen LogP contribution in [0, 0.1) is 0 Å². The Bertz CT molecular complexity index is 1050. The number of benzene rings is 2. The van der Waals surface area contributed by atoms with Gasteiger partial charge in [0.2, 0.25) is 11.7 Å². The number of hydrogen-bond donors (Lipinski definition) is 1. The van der Waals surface area contributed by atoms with Crippen LogP contribution in [0.25, 0.3) is 5.69 Å². The smallest absolute Gasteiger partial charge is 0.226 e. The number of halogens is 1. The molecule has 0 unspecified atom stereocenters. The Morgan fingerprint density at radius 2 is 1.79 bits per heavy atom. The van der Waals surface area contributed by atoms with E-state index in [-0.39, 0.29) is 18.2 Å². The first kappa shape index (κ1) is 19.1. The number of fused-ring (bicyclic) bond motifs is 1. The van der Waals surface area contributed by atoms with E-state index in [1.165, 1.54) is 0 Å². The number of carbonyl (C=O) groups excluding carboxylic acids is 1. The molecule has 1 aliphatic heterocycles. The molecular weight excluding hydrogens is 394 g/mol. The number of anilines is 1. The first-order valence-corrected chi connectivity index (χ1v) is 9.37. The zero-order valence-corrected chi connectivity index (χ0v) is 17.0. The molecule has 1 aromatic heterocycles. The van der Waals surface area contributed by atoms with Gasteiger partial charge in [0.1, 0.15) is 12.1 Å². The molecule has 1 aliphatic rings. The molecule has 2 heterocycles. The van der Waals surface area contributed by atoms with Gasteiger partial charge in [-0.2, -0.15) is 0 Å². The Morgan fingerprint density at radius 3 is 2.41 bits per heavy atom. The van der Waals surface area contributed by atoms with Crippen LogP contribution in [-0.4, -0.2) is 36.8 Å². The summed E-state index contributed by atoms with van der Waals surface area (Å²) in [5.74, 6) is 1.79. The molecule has 1 amide bonds. The molecule has 4 rings (SSSR count). The van der Waals surface area contributed by atoms with E-state index in [1.807, 2.05) is 30.3 Å². The van der Waals surface area contributed by atoms with Gasteiger partial charge >= 0.3 is 0 Å². The molecule has 1 N–H and O–H groups in total. The van der Waals surface area contributed by atoms with Crippen LogP contribution in [0.5, 0.6) is 17.2 Å². The summed E-state index contributed by atoms with van der Waals surface area (Å²) < 4.78 is 18.1. The summed E-state index contributed by atoms with van der Waals surface area (Å²) in [6.45, 7) is 0. The van der Waals surface area contributed by atoms with Crippen LogP contribution in [0.4, 0.5) is 5.82 Å². The third-order valence-electron chi connectivity index (χ3n) is 4.97. The summed E-state index contributed by atoms with van der Waals surface area (Å²) in [6.07, 6.45) is 1.92. The Balaban J connectivity index is 1.85. The average Bonchev–Trinajstić information content (AvgIpc) is 3.15. The number of imidazole rings is 1. The second kappa shape index (κ2) is 7.67. The molecule has 3 aromatic rings. The highest BCUT2D eigenvalue weighted by atomic mass is 35.5. The lowest BCUT2D eigenvalue weighted by Gasteiger charge is -2.25. The van der Waals surface area contributed by atoms with E-state index in [0.717, 1.165) is 16.9 Å². The van der Waals surface area contributed by atoms with Crippen LogP contribution in [0.1, 0.15) is 23.6 Å². The third kappa shape index (κ3) is 3.27. The van der Waals surface area contributed by atoms with Crippen molar-refractivity contribution in [1.29, 1.82) is 0 Å². The predicted molar refractivity (Wildman–Crippen MR) is 110 cm³/mol. The zero-order chi connectivity index (χ0) is 20.5. The van der Waals surface area contributed by atoms with E-state index in [9.17, 15) is 4.79 Å². The Hall–Kier alpha value is -3.19. The van der Waals surface area contributed by atoms with Gasteiger partial charge in [0.25, 0.3) is 0 Å². The molecule has 0 fully saturated rings. The molecule has 0 radical (unpaired) electrons. The molecule has 7 nitrogen and oxygen atoms in total. The number of para-hydroxylation sites is 1. The van der Waals surface area contributed by atoms with Crippen LogP contribution < -0.4 is 19.5 Å². The molecule has 0 saturated carbocycles. The van der Waals surface area contributed by atoms with Gasteiger partial charge in [-0.3, -0.25) is 9.36 Å². The summed E-state index contributed by atoms with van der Waals surface area (Å²) in [7, 11) is 4.68. The van der Waals surface area contributed by atoms with Gasteiger partial charge in [0.15, 0.2) is 11.5 Å². The lowest BCUT2D eigenvalue weighted by atomic mass is 9.89. The maximum absolute atomic E-state index is 12.5. The molecule has 150 valence electrons. The molecule has 2 aromatic carbocycles. The number of aromatic nitrogens is 2. The van der Waals surface area contributed by atoms with Gasteiger partial charge in [0.05, 0.1) is 37.7 Å². The summed E-state index contributed by atoms with van der Waals surface area (Å²) >= 11 is 6.35. The first-order valence-electron chi connectivity index (χ1n) is 8.99. The van der Waals surface area contributed by atoms with Gasteiger partial charge in [-0.15, -0.1) is 0 Å². The van der Waals surface area contributed by atoms with Gasteiger partial charge in [0, 0.05) is 12.3 Å². The number of ether oxygens (including phenoxy) is 3. The van der Waals surface area contributed by atoms with E-state index < -0.39 is 0 Å². The molecule has 29 heavy (non-hydrogen) atoms. The van der Waals surface area contributed by atoms with E-state index in [0.29, 0.717) is 28.1 Å². The number of amides is 1. The van der Waals surface area contributed by atoms with E-state index in [4.69, 9.17) is 25.8 Å². The molecule has 0 spiro atoms. The molecule has 0 saturated heterocycles. The van der Waals surface area contributed by atoms with Crippen LogP contribution >= 0.6 is 11.6 Å². The summed E-state index contributed by atoms with van der Waals surface area (Å²) in [6, 6.07) is 11.1. The zero-order valence-electron chi connectivity index (χ0n) is 16.2. The lowest BCUT2D eigenvalue weighted by molar-refractivity contribution is -0.116. The lowest BCUT2D eigenvalue weighted by Crippen LogP contribution is -2.25. The fourth-order valence-corrected chi connectivity index (χ4v) is 3.84. The molecule has 0 bridgehead atoms. The monoisotopic (exact) mass is 413 g/mol. The maximum atomic E-state index is 12.5. The van der Waals surface area contributed by atoms with Gasteiger partial charge in [-0.05, 0) is 29.8 Å². The van der Waals surface area contributed by atoms with Crippen molar-refractivity contribution >= 4 is 23.3 Å². The van der Waals surface area contributed by atoms with Crippen molar-refractivity contribution in [2.75, 3.05) is 26.6 Å². The number of methoxy groups -OCH3 is 3. The fraction of sp³-hybridized carbons (Fsp3) is 0.238. The number of carbonyl (C=O) groups is 1. The third-order valence-corrected chi connectivity index (χ3v) is 5.29. The quantitative estimate of drug-likeness (QED) is 0.683. The van der Waals surface area contributed by atoms with Crippen LogP contribution in [0.2, 0.25) is 5.02 Å². The van der Waals surface area contributed by atoms with E-state index in [2.05, 4.69) is 10.3 Å². The predicted octanol–water partition coefficient (Wildman–Crippen LogP) is 4.03. The SMILES string of the molecule is COc1cc([C@H]2CC(=O)Nc3c2ncn3-c2ccccc2Cl)cc(OC)c1OC. The average molecular weight is 414 g/mol. The van der Waals surface area contributed by atoms with Crippen molar-refractivity contribution in [3.05, 3.63) is 59.0 Å². The highest BCUT2D eigenvalue weighted by Gasteiger charge is 2.32. The van der Waals surface area contributed by atoms with Gasteiger partial charge in [-0.1, -0.05) is 23.7 Å². The van der Waals surface area contributed by atoms with Crippen molar-refractivity contribution in [2.24, 2.45) is 0 Å². The number of rotatable bonds is 5. The van der Waals surface area contributed by atoms with Gasteiger partial charge in [-0.25, -0.2) is 4.98 Å². The normalized spacial score (nSPS) is 15.4. The standard InChI is InChI=1S/C21H20ClN3O4/c1-27-16-8-12(9-17(28-2)20(16)29-3)13-10-18(26)24-21-19(13)23-11-25(21)15-7-5-4-6-14(15)22/h4-9,11,13H,10H2,1-3H3,(H,24,26)/t13-/m1/s1. The summed E-state index contributed by atoms with van der Waals surface area (Å²) in [4.78, 5) is 17.1. The first-order chi connectivity index (χ1) is 14.1. The second-order valence-corrected chi connectivity index (χ2v) is 6.97. The Morgan fingerprint density at radius 1 is 1.10 bits per heavy atom. The van der Waals surface area contributed by atoms with Crippen LogP contribution in [0.3, 0.4) is 0 Å². The maximum Gasteiger partial charge on any atom is 0.226 e. The molecule has 0 aliphatic carbocycles. The van der Waals surface area contributed by atoms with Gasteiger partial charge < -0.3 is 19.5 Å². The summed E-state index contributed by atoms with van der Waals surface area (Å²) in [5.41, 5.74) is 2.34. The minimum atomic E-state index is -0.267.